The molecule has 2 unspecified atom stereocenters. The van der Waals surface area contributed by atoms with Crippen molar-refractivity contribution < 1.29 is 9.90 Å². The second kappa shape index (κ2) is 4.31. The number of carbonyl (C=O) groups excluding carboxylic acids is 1. The number of nitrogens with one attached hydrogen (secondary N) is 1. The Kier molecular flexibility index (Phi) is 3.08. The van der Waals surface area contributed by atoms with Crippen LogP contribution >= 0.6 is 11.8 Å². The average molecular weight is 214 g/mol. The van der Waals surface area contributed by atoms with Gasteiger partial charge >= 0.3 is 5.24 Å². The maximum absolute atomic E-state index is 10.8. The number of aliphatic hydroxyl groups excluding tert-OH is 1. The molecule has 78 valence electrons. The second-order valence-electron chi connectivity index (χ2n) is 3.72. The Morgan fingerprint density at radius 2 is 2.21 bits per heavy atom. The summed E-state index contributed by atoms with van der Waals surface area (Å²) in [6, 6.07) is 0.0917. The van der Waals surface area contributed by atoms with Crippen LogP contribution < -0.4 is 5.32 Å². The minimum atomic E-state index is -0.285. The standard InChI is InChI=1S/C9H14N2O2S/c12-7-4-2-1-3-6(7)10-8-5-14-9(13)11-8/h6-7,12H,1-5H2,(H,10,11,13). The van der Waals surface area contributed by atoms with E-state index in [1.165, 1.54) is 11.8 Å². The number of aliphatic hydroxyl groups is 1. The Balaban J connectivity index is 1.89. The van der Waals surface area contributed by atoms with Gasteiger partial charge < -0.3 is 10.4 Å². The molecule has 0 bridgehead atoms. The number of nitrogens with zero attached hydrogens (tertiary/aromatic N) is 1. The summed E-state index contributed by atoms with van der Waals surface area (Å²) in [7, 11) is 0. The summed E-state index contributed by atoms with van der Waals surface area (Å²) >= 11 is 1.21. The van der Waals surface area contributed by atoms with Gasteiger partial charge in [0.1, 0.15) is 5.84 Å². The fourth-order valence-electron chi connectivity index (χ4n) is 1.87. The van der Waals surface area contributed by atoms with Crippen LogP contribution in [0.25, 0.3) is 0 Å². The molecule has 2 rings (SSSR count). The molecule has 0 spiro atoms. The van der Waals surface area contributed by atoms with Gasteiger partial charge in [0.2, 0.25) is 0 Å². The molecule has 0 saturated heterocycles. The van der Waals surface area contributed by atoms with E-state index >= 15 is 0 Å². The summed E-state index contributed by atoms with van der Waals surface area (Å²) in [5.41, 5.74) is 0. The number of hydrogen-bond donors (Lipinski definition) is 2. The molecule has 0 aromatic carbocycles. The zero-order valence-electron chi connectivity index (χ0n) is 7.90. The fraction of sp³-hybridized carbons (Fsp3) is 0.778. The van der Waals surface area contributed by atoms with Gasteiger partial charge in [-0.25, -0.2) is 0 Å². The third-order valence-electron chi connectivity index (χ3n) is 2.64. The van der Waals surface area contributed by atoms with Gasteiger partial charge in [0.25, 0.3) is 0 Å². The molecule has 0 aromatic rings. The van der Waals surface area contributed by atoms with Crippen molar-refractivity contribution in [2.24, 2.45) is 4.99 Å². The fourth-order valence-corrected chi connectivity index (χ4v) is 2.46. The van der Waals surface area contributed by atoms with Crippen molar-refractivity contribution >= 4 is 22.8 Å². The molecule has 2 N–H and O–H groups in total. The highest BCUT2D eigenvalue weighted by atomic mass is 32.2. The van der Waals surface area contributed by atoms with Crippen molar-refractivity contribution in [2.45, 2.75) is 37.8 Å². The summed E-state index contributed by atoms with van der Waals surface area (Å²) < 4.78 is 0. The Hall–Kier alpha value is -0.550. The second-order valence-corrected chi connectivity index (χ2v) is 4.64. The van der Waals surface area contributed by atoms with E-state index in [1.807, 2.05) is 0 Å². The Bertz CT molecular complexity index is 268. The predicted octanol–water partition coefficient (Wildman–Crippen LogP) is 1.14. The smallest absolute Gasteiger partial charge is 0.306 e. The van der Waals surface area contributed by atoms with Gasteiger partial charge in [0.05, 0.1) is 17.9 Å². The minimum absolute atomic E-state index is 0.0917. The molecule has 5 heteroatoms. The Labute approximate surface area is 87.2 Å². The lowest BCUT2D eigenvalue weighted by molar-refractivity contribution is 0.0998. The first-order valence-electron chi connectivity index (χ1n) is 4.94. The van der Waals surface area contributed by atoms with Crippen LogP contribution in [0.15, 0.2) is 4.99 Å². The summed E-state index contributed by atoms with van der Waals surface area (Å²) in [5, 5.41) is 12.7. The van der Waals surface area contributed by atoms with E-state index in [2.05, 4.69) is 10.3 Å². The van der Waals surface area contributed by atoms with Crippen LogP contribution in [0.5, 0.6) is 0 Å². The lowest BCUT2D eigenvalue weighted by atomic mass is 9.92. The molecule has 1 heterocycles. The van der Waals surface area contributed by atoms with Crippen LogP contribution in [-0.2, 0) is 0 Å². The van der Waals surface area contributed by atoms with Crippen molar-refractivity contribution in [1.29, 1.82) is 0 Å². The van der Waals surface area contributed by atoms with E-state index in [0.717, 1.165) is 31.5 Å². The first kappa shape index (κ1) is 9.98. The maximum Gasteiger partial charge on any atom is 0.306 e. The molecular formula is C9H14N2O2S. The van der Waals surface area contributed by atoms with Crippen LogP contribution in [0.2, 0.25) is 0 Å². The SMILES string of the molecule is O=C1N=C(NC2CCCCC2O)CS1. The zero-order chi connectivity index (χ0) is 9.97. The van der Waals surface area contributed by atoms with Crippen molar-refractivity contribution in [2.75, 3.05) is 5.75 Å². The molecule has 2 atom stereocenters. The van der Waals surface area contributed by atoms with Gasteiger partial charge in [-0.1, -0.05) is 24.6 Å². The van der Waals surface area contributed by atoms with Gasteiger partial charge in [0.15, 0.2) is 0 Å². The molecular weight excluding hydrogens is 200 g/mol. The molecule has 2 aliphatic rings. The van der Waals surface area contributed by atoms with Crippen LogP contribution in [0.3, 0.4) is 0 Å². The van der Waals surface area contributed by atoms with Crippen molar-refractivity contribution in [1.82, 2.24) is 5.32 Å². The molecule has 1 aliphatic heterocycles. The Morgan fingerprint density at radius 3 is 2.86 bits per heavy atom. The first-order chi connectivity index (χ1) is 6.75. The number of hydrogen-bond acceptors (Lipinski definition) is 4. The molecule has 1 aliphatic carbocycles. The largest absolute Gasteiger partial charge is 0.391 e. The van der Waals surface area contributed by atoms with E-state index in [1.54, 1.807) is 0 Å². The van der Waals surface area contributed by atoms with Gasteiger partial charge in [-0.05, 0) is 12.8 Å². The van der Waals surface area contributed by atoms with Crippen molar-refractivity contribution in [3.8, 4) is 0 Å². The maximum atomic E-state index is 10.8. The highest BCUT2D eigenvalue weighted by Crippen LogP contribution is 2.20. The summed E-state index contributed by atoms with van der Waals surface area (Å²) in [4.78, 5) is 14.7. The Morgan fingerprint density at radius 1 is 1.43 bits per heavy atom. The van der Waals surface area contributed by atoms with E-state index in [9.17, 15) is 9.90 Å². The lowest BCUT2D eigenvalue weighted by Gasteiger charge is -2.28. The van der Waals surface area contributed by atoms with Gasteiger partial charge in [0, 0.05) is 0 Å². The van der Waals surface area contributed by atoms with Crippen molar-refractivity contribution in [3.05, 3.63) is 0 Å². The van der Waals surface area contributed by atoms with E-state index in [0.29, 0.717) is 5.75 Å². The third kappa shape index (κ3) is 2.27. The lowest BCUT2D eigenvalue weighted by Crippen LogP contribution is -2.45. The topological polar surface area (TPSA) is 61.7 Å². The molecule has 1 fully saturated rings. The highest BCUT2D eigenvalue weighted by Gasteiger charge is 2.25. The normalized spacial score (nSPS) is 32.9. The van der Waals surface area contributed by atoms with E-state index in [4.69, 9.17) is 0 Å². The molecule has 1 amide bonds. The zero-order valence-corrected chi connectivity index (χ0v) is 8.72. The quantitative estimate of drug-likeness (QED) is 0.687. The van der Waals surface area contributed by atoms with Crippen LogP contribution in [0.1, 0.15) is 25.7 Å². The molecule has 0 aromatic heterocycles. The summed E-state index contributed by atoms with van der Waals surface area (Å²) in [6.45, 7) is 0. The monoisotopic (exact) mass is 214 g/mol. The molecule has 4 nitrogen and oxygen atoms in total. The van der Waals surface area contributed by atoms with Gasteiger partial charge in [-0.15, -0.1) is 0 Å². The van der Waals surface area contributed by atoms with Crippen LogP contribution in [0, 0.1) is 0 Å². The minimum Gasteiger partial charge on any atom is -0.391 e. The number of thioether (sulfide) groups is 1. The predicted molar refractivity (Wildman–Crippen MR) is 56.7 cm³/mol. The highest BCUT2D eigenvalue weighted by molar-refractivity contribution is 8.14. The first-order valence-corrected chi connectivity index (χ1v) is 5.93. The average Bonchev–Trinajstić information content (AvgIpc) is 2.56. The number of rotatable bonds is 1. The van der Waals surface area contributed by atoms with Crippen molar-refractivity contribution in [3.63, 3.8) is 0 Å². The van der Waals surface area contributed by atoms with Gasteiger partial charge in [-0.2, -0.15) is 4.99 Å². The van der Waals surface area contributed by atoms with E-state index in [-0.39, 0.29) is 17.4 Å². The molecule has 14 heavy (non-hydrogen) atoms. The molecule has 1 saturated carbocycles. The molecule has 0 radical (unpaired) electrons. The number of amidine groups is 1. The van der Waals surface area contributed by atoms with Crippen LogP contribution in [0.4, 0.5) is 4.79 Å². The number of carbonyl (C=O) groups is 1. The number of amides is 1. The van der Waals surface area contributed by atoms with Crippen LogP contribution in [-0.4, -0.2) is 34.1 Å². The number of aliphatic imine (C=N–C) groups is 1. The summed E-state index contributed by atoms with van der Waals surface area (Å²) in [6.07, 6.45) is 3.78. The van der Waals surface area contributed by atoms with Gasteiger partial charge in [-0.3, -0.25) is 4.79 Å². The summed E-state index contributed by atoms with van der Waals surface area (Å²) in [5.74, 6) is 1.35. The van der Waals surface area contributed by atoms with E-state index < -0.39 is 0 Å². The third-order valence-corrected chi connectivity index (χ3v) is 3.40.